The number of aromatic nitrogens is 1. The van der Waals surface area contributed by atoms with Gasteiger partial charge in [-0.25, -0.2) is 13.4 Å². The van der Waals surface area contributed by atoms with Gasteiger partial charge in [0.15, 0.2) is 0 Å². The number of hydrogen-bond acceptors (Lipinski definition) is 4. The Morgan fingerprint density at radius 2 is 2.05 bits per heavy atom. The van der Waals surface area contributed by atoms with Crippen LogP contribution in [-0.4, -0.2) is 13.4 Å². The molecule has 0 aliphatic heterocycles. The normalized spacial score (nSPS) is 11.2. The lowest BCUT2D eigenvalue weighted by molar-refractivity contribution is 0.601. The minimum absolute atomic E-state index is 0.0736. The molecule has 100 valence electrons. The molecule has 0 unspecified atom stereocenters. The Bertz CT molecular complexity index is 675. The van der Waals surface area contributed by atoms with Gasteiger partial charge in [-0.15, -0.1) is 11.6 Å². The molecule has 1 aromatic heterocycles. The van der Waals surface area contributed by atoms with Crippen molar-refractivity contribution in [2.45, 2.75) is 10.8 Å². The second-order valence-corrected chi connectivity index (χ2v) is 5.76. The molecule has 19 heavy (non-hydrogen) atoms. The SMILES string of the molecule is Nc1cc(S(=O)(=O)Nc2ccccn2)ccc1CCl. The maximum Gasteiger partial charge on any atom is 0.263 e. The van der Waals surface area contributed by atoms with E-state index in [1.165, 1.54) is 18.3 Å². The molecular formula is C12H12ClN3O2S. The highest BCUT2D eigenvalue weighted by molar-refractivity contribution is 7.92. The van der Waals surface area contributed by atoms with Crippen LogP contribution in [0, 0.1) is 0 Å². The van der Waals surface area contributed by atoms with E-state index in [0.717, 1.165) is 0 Å². The number of nitrogen functional groups attached to an aromatic ring is 1. The van der Waals surface area contributed by atoms with Crippen molar-refractivity contribution >= 4 is 33.1 Å². The molecule has 0 saturated heterocycles. The number of hydrogen-bond donors (Lipinski definition) is 2. The van der Waals surface area contributed by atoms with Gasteiger partial charge in [0.1, 0.15) is 5.82 Å². The Labute approximate surface area is 116 Å². The molecule has 0 aliphatic carbocycles. The molecule has 0 saturated carbocycles. The summed E-state index contributed by atoms with van der Waals surface area (Å²) in [6.07, 6.45) is 1.50. The van der Waals surface area contributed by atoms with Crippen molar-refractivity contribution in [2.75, 3.05) is 10.5 Å². The first-order valence-electron chi connectivity index (χ1n) is 5.41. The summed E-state index contributed by atoms with van der Waals surface area (Å²) in [5.41, 5.74) is 6.77. The molecule has 3 N–H and O–H groups in total. The van der Waals surface area contributed by atoms with Crippen LogP contribution >= 0.6 is 11.6 Å². The Hall–Kier alpha value is -1.79. The summed E-state index contributed by atoms with van der Waals surface area (Å²) in [5, 5.41) is 0. The first kappa shape index (κ1) is 13.6. The van der Waals surface area contributed by atoms with Crippen molar-refractivity contribution in [1.82, 2.24) is 4.98 Å². The van der Waals surface area contributed by atoms with E-state index in [1.54, 1.807) is 24.3 Å². The third-order valence-electron chi connectivity index (χ3n) is 2.48. The molecule has 5 nitrogen and oxygen atoms in total. The van der Waals surface area contributed by atoms with E-state index >= 15 is 0 Å². The quantitative estimate of drug-likeness (QED) is 0.669. The van der Waals surface area contributed by atoms with Crippen LogP contribution in [0.1, 0.15) is 5.56 Å². The minimum atomic E-state index is -3.70. The summed E-state index contributed by atoms with van der Waals surface area (Å²) in [6, 6.07) is 9.38. The van der Waals surface area contributed by atoms with Gasteiger partial charge in [-0.3, -0.25) is 4.72 Å². The highest BCUT2D eigenvalue weighted by Gasteiger charge is 2.15. The van der Waals surface area contributed by atoms with E-state index in [1.807, 2.05) is 0 Å². The zero-order chi connectivity index (χ0) is 13.9. The average molecular weight is 298 g/mol. The van der Waals surface area contributed by atoms with Crippen molar-refractivity contribution in [2.24, 2.45) is 0 Å². The molecule has 0 atom stereocenters. The lowest BCUT2D eigenvalue weighted by atomic mass is 10.2. The summed E-state index contributed by atoms with van der Waals surface area (Å²) in [5.74, 6) is 0.488. The molecule has 1 heterocycles. The zero-order valence-corrected chi connectivity index (χ0v) is 11.4. The van der Waals surface area contributed by atoms with E-state index in [9.17, 15) is 8.42 Å². The van der Waals surface area contributed by atoms with Gasteiger partial charge in [0, 0.05) is 17.8 Å². The molecule has 7 heteroatoms. The maximum atomic E-state index is 12.1. The Balaban J connectivity index is 2.32. The number of nitrogens with one attached hydrogen (secondary N) is 1. The monoisotopic (exact) mass is 297 g/mol. The van der Waals surface area contributed by atoms with Gasteiger partial charge in [-0.2, -0.15) is 0 Å². The van der Waals surface area contributed by atoms with E-state index in [4.69, 9.17) is 17.3 Å². The van der Waals surface area contributed by atoms with Gasteiger partial charge in [0.2, 0.25) is 0 Å². The standard InChI is InChI=1S/C12H12ClN3O2S/c13-8-9-4-5-10(7-11(9)14)19(17,18)16-12-3-1-2-6-15-12/h1-7H,8,14H2,(H,15,16). The van der Waals surface area contributed by atoms with E-state index in [0.29, 0.717) is 11.3 Å². The van der Waals surface area contributed by atoms with Crippen LogP contribution in [0.4, 0.5) is 11.5 Å². The van der Waals surface area contributed by atoms with Gasteiger partial charge in [-0.05, 0) is 29.8 Å². The summed E-state index contributed by atoms with van der Waals surface area (Å²) in [7, 11) is -3.70. The van der Waals surface area contributed by atoms with Crippen LogP contribution in [0.3, 0.4) is 0 Å². The Morgan fingerprint density at radius 1 is 1.26 bits per heavy atom. The highest BCUT2D eigenvalue weighted by Crippen LogP contribution is 2.21. The molecule has 1 aromatic carbocycles. The Morgan fingerprint density at radius 3 is 2.63 bits per heavy atom. The van der Waals surface area contributed by atoms with Gasteiger partial charge in [0.25, 0.3) is 10.0 Å². The first-order valence-corrected chi connectivity index (χ1v) is 7.43. The van der Waals surface area contributed by atoms with E-state index in [2.05, 4.69) is 9.71 Å². The van der Waals surface area contributed by atoms with Crippen LogP contribution in [0.25, 0.3) is 0 Å². The van der Waals surface area contributed by atoms with Crippen molar-refractivity contribution in [3.05, 3.63) is 48.2 Å². The lowest BCUT2D eigenvalue weighted by Gasteiger charge is -2.09. The maximum absolute atomic E-state index is 12.1. The second kappa shape index (κ2) is 5.46. The minimum Gasteiger partial charge on any atom is -0.398 e. The van der Waals surface area contributed by atoms with Crippen molar-refractivity contribution in [3.8, 4) is 0 Å². The third-order valence-corrected chi connectivity index (χ3v) is 4.12. The second-order valence-electron chi connectivity index (χ2n) is 3.81. The molecule has 0 radical (unpaired) electrons. The number of sulfonamides is 1. The fraction of sp³-hybridized carbons (Fsp3) is 0.0833. The molecule has 2 rings (SSSR count). The number of rotatable bonds is 4. The van der Waals surface area contributed by atoms with Crippen LogP contribution in [-0.2, 0) is 15.9 Å². The molecule has 0 aliphatic rings. The van der Waals surface area contributed by atoms with E-state index < -0.39 is 10.0 Å². The van der Waals surface area contributed by atoms with Crippen LogP contribution in [0.2, 0.25) is 0 Å². The van der Waals surface area contributed by atoms with Crippen LogP contribution in [0.5, 0.6) is 0 Å². The number of pyridine rings is 1. The summed E-state index contributed by atoms with van der Waals surface area (Å²) in [6.45, 7) is 0. The van der Waals surface area contributed by atoms with Crippen molar-refractivity contribution < 1.29 is 8.42 Å². The number of benzene rings is 1. The first-order chi connectivity index (χ1) is 9.03. The molecule has 0 fully saturated rings. The Kier molecular flexibility index (Phi) is 3.92. The fourth-order valence-electron chi connectivity index (χ4n) is 1.48. The van der Waals surface area contributed by atoms with Crippen LogP contribution < -0.4 is 10.5 Å². The van der Waals surface area contributed by atoms with Crippen LogP contribution in [0.15, 0.2) is 47.5 Å². The smallest absolute Gasteiger partial charge is 0.263 e. The predicted molar refractivity (Wildman–Crippen MR) is 75.5 cm³/mol. The molecule has 0 bridgehead atoms. The molecule has 0 amide bonds. The average Bonchev–Trinajstić information content (AvgIpc) is 2.39. The summed E-state index contributed by atoms with van der Waals surface area (Å²) >= 11 is 5.67. The molecular weight excluding hydrogens is 286 g/mol. The summed E-state index contributed by atoms with van der Waals surface area (Å²) in [4.78, 5) is 3.98. The lowest BCUT2D eigenvalue weighted by Crippen LogP contribution is -2.14. The van der Waals surface area contributed by atoms with Gasteiger partial charge >= 0.3 is 0 Å². The van der Waals surface area contributed by atoms with Crippen molar-refractivity contribution in [1.29, 1.82) is 0 Å². The highest BCUT2D eigenvalue weighted by atomic mass is 35.5. The number of halogens is 1. The molecule has 0 spiro atoms. The largest absolute Gasteiger partial charge is 0.398 e. The topological polar surface area (TPSA) is 85.1 Å². The zero-order valence-electron chi connectivity index (χ0n) is 9.88. The third kappa shape index (κ3) is 3.15. The number of nitrogens with zero attached hydrogens (tertiary/aromatic N) is 1. The van der Waals surface area contributed by atoms with Crippen molar-refractivity contribution in [3.63, 3.8) is 0 Å². The molecule has 2 aromatic rings. The number of anilines is 2. The predicted octanol–water partition coefficient (Wildman–Crippen LogP) is 2.20. The van der Waals surface area contributed by atoms with E-state index in [-0.39, 0.29) is 16.6 Å². The number of alkyl halides is 1. The van der Waals surface area contributed by atoms with Gasteiger partial charge in [0.05, 0.1) is 4.90 Å². The number of nitrogens with two attached hydrogens (primary N) is 1. The van der Waals surface area contributed by atoms with Gasteiger partial charge in [-0.1, -0.05) is 12.1 Å². The summed E-state index contributed by atoms with van der Waals surface area (Å²) < 4.78 is 26.6. The van der Waals surface area contributed by atoms with Gasteiger partial charge < -0.3 is 5.73 Å². The fourth-order valence-corrected chi connectivity index (χ4v) is 2.77.